The van der Waals surface area contributed by atoms with Gasteiger partial charge >= 0.3 is 5.97 Å². The van der Waals surface area contributed by atoms with Crippen molar-refractivity contribution in [3.63, 3.8) is 0 Å². The first-order valence-corrected chi connectivity index (χ1v) is 3.47. The van der Waals surface area contributed by atoms with Crippen molar-refractivity contribution in [3.8, 4) is 12.3 Å². The van der Waals surface area contributed by atoms with Crippen LogP contribution in [0.5, 0.6) is 0 Å². The highest BCUT2D eigenvalue weighted by atomic mass is 16.6. The predicted octanol–water partition coefficient (Wildman–Crippen LogP) is 0.340. The second-order valence-corrected chi connectivity index (χ2v) is 2.46. The van der Waals surface area contributed by atoms with E-state index in [1.165, 1.54) is 6.92 Å². The van der Waals surface area contributed by atoms with Gasteiger partial charge in [0.25, 0.3) is 0 Å². The van der Waals surface area contributed by atoms with Crippen molar-refractivity contribution in [1.82, 2.24) is 0 Å². The number of ether oxygens (including phenoxy) is 2. The van der Waals surface area contributed by atoms with Gasteiger partial charge in [-0.1, -0.05) is 5.92 Å². The number of carbonyl (C=O) groups is 1. The van der Waals surface area contributed by atoms with Crippen LogP contribution in [0.15, 0.2) is 0 Å². The maximum atomic E-state index is 10.5. The topological polar surface area (TPSA) is 35.5 Å². The minimum absolute atomic E-state index is 0.145. The third-order valence-corrected chi connectivity index (χ3v) is 1.48. The number of hydrogen-bond donors (Lipinski definition) is 0. The molecule has 1 saturated heterocycles. The van der Waals surface area contributed by atoms with E-state index in [0.717, 1.165) is 0 Å². The lowest BCUT2D eigenvalue weighted by atomic mass is 10.2. The molecule has 3 heteroatoms. The van der Waals surface area contributed by atoms with Gasteiger partial charge in [-0.15, -0.1) is 6.42 Å². The first-order chi connectivity index (χ1) is 5.22. The van der Waals surface area contributed by atoms with Crippen LogP contribution in [0.1, 0.15) is 13.3 Å². The van der Waals surface area contributed by atoms with Gasteiger partial charge in [0.15, 0.2) is 0 Å². The summed E-state index contributed by atoms with van der Waals surface area (Å²) in [5.41, 5.74) is 0. The Bertz CT molecular complexity index is 192. The normalized spacial score (nSPS) is 29.5. The summed E-state index contributed by atoms with van der Waals surface area (Å²) < 4.78 is 9.99. The summed E-state index contributed by atoms with van der Waals surface area (Å²) in [6.07, 6.45) is 5.41. The van der Waals surface area contributed by atoms with Crippen LogP contribution in [-0.4, -0.2) is 24.8 Å². The molecule has 1 aliphatic rings. The maximum Gasteiger partial charge on any atom is 0.302 e. The number of hydrogen-bond acceptors (Lipinski definition) is 3. The van der Waals surface area contributed by atoms with Crippen molar-refractivity contribution in [3.05, 3.63) is 0 Å². The average Bonchev–Trinajstić information content (AvgIpc) is 2.34. The number of terminal acetylenes is 1. The molecule has 3 nitrogen and oxygen atoms in total. The second kappa shape index (κ2) is 3.40. The molecule has 0 saturated carbocycles. The molecule has 0 aliphatic carbocycles. The molecule has 0 N–H and O–H groups in total. The van der Waals surface area contributed by atoms with E-state index in [2.05, 4.69) is 5.92 Å². The summed E-state index contributed by atoms with van der Waals surface area (Å²) in [6, 6.07) is 0. The molecular weight excluding hydrogens is 144 g/mol. The van der Waals surface area contributed by atoms with E-state index in [0.29, 0.717) is 13.0 Å². The van der Waals surface area contributed by atoms with Gasteiger partial charge in [-0.3, -0.25) is 4.79 Å². The quantitative estimate of drug-likeness (QED) is 0.403. The van der Waals surface area contributed by atoms with E-state index >= 15 is 0 Å². The number of rotatable bonds is 1. The van der Waals surface area contributed by atoms with E-state index < -0.39 is 0 Å². The lowest BCUT2D eigenvalue weighted by Crippen LogP contribution is -2.15. The van der Waals surface area contributed by atoms with Crippen molar-refractivity contribution in [1.29, 1.82) is 0 Å². The summed E-state index contributed by atoms with van der Waals surface area (Å²) in [7, 11) is 0. The van der Waals surface area contributed by atoms with Gasteiger partial charge in [0.2, 0.25) is 0 Å². The first-order valence-electron chi connectivity index (χ1n) is 3.47. The molecule has 0 bridgehead atoms. The molecule has 60 valence electrons. The van der Waals surface area contributed by atoms with Crippen molar-refractivity contribution >= 4 is 5.97 Å². The van der Waals surface area contributed by atoms with Crippen LogP contribution in [-0.2, 0) is 14.3 Å². The van der Waals surface area contributed by atoms with Crippen molar-refractivity contribution in [2.45, 2.75) is 25.6 Å². The zero-order valence-corrected chi connectivity index (χ0v) is 6.37. The summed E-state index contributed by atoms with van der Waals surface area (Å²) in [4.78, 5) is 10.5. The third-order valence-electron chi connectivity index (χ3n) is 1.48. The highest BCUT2D eigenvalue weighted by molar-refractivity contribution is 5.66. The average molecular weight is 154 g/mol. The fourth-order valence-electron chi connectivity index (χ4n) is 1.03. The van der Waals surface area contributed by atoms with Gasteiger partial charge in [-0.25, -0.2) is 0 Å². The fourth-order valence-corrected chi connectivity index (χ4v) is 1.03. The molecule has 0 aromatic heterocycles. The highest BCUT2D eigenvalue weighted by Gasteiger charge is 2.25. The molecule has 1 aliphatic heterocycles. The smallest absolute Gasteiger partial charge is 0.302 e. The van der Waals surface area contributed by atoms with Crippen LogP contribution in [0, 0.1) is 12.3 Å². The van der Waals surface area contributed by atoms with E-state index in [1.54, 1.807) is 0 Å². The molecule has 0 aromatic carbocycles. The summed E-state index contributed by atoms with van der Waals surface area (Å²) in [5, 5.41) is 0. The molecule has 11 heavy (non-hydrogen) atoms. The van der Waals surface area contributed by atoms with Crippen LogP contribution < -0.4 is 0 Å². The third kappa shape index (κ3) is 2.24. The van der Waals surface area contributed by atoms with E-state index in [9.17, 15) is 4.79 Å². The summed E-state index contributed by atoms with van der Waals surface area (Å²) in [6.45, 7) is 1.80. The van der Waals surface area contributed by atoms with Gasteiger partial charge in [-0.2, -0.15) is 0 Å². The Morgan fingerprint density at radius 1 is 1.82 bits per heavy atom. The zero-order chi connectivity index (χ0) is 8.27. The number of esters is 1. The summed E-state index contributed by atoms with van der Waals surface area (Å²) in [5.74, 6) is 2.17. The van der Waals surface area contributed by atoms with Gasteiger partial charge in [0, 0.05) is 13.3 Å². The molecule has 1 fully saturated rings. The molecule has 1 heterocycles. The Morgan fingerprint density at radius 2 is 2.55 bits per heavy atom. The SMILES string of the molecule is C#CC1CC(OC(C)=O)CO1. The van der Waals surface area contributed by atoms with Crippen molar-refractivity contribution in [2.24, 2.45) is 0 Å². The maximum absolute atomic E-state index is 10.5. The molecule has 1 rings (SSSR count). The number of carbonyl (C=O) groups excluding carboxylic acids is 1. The lowest BCUT2D eigenvalue weighted by molar-refractivity contribution is -0.146. The van der Waals surface area contributed by atoms with E-state index in [1.807, 2.05) is 0 Å². The molecule has 0 aromatic rings. The van der Waals surface area contributed by atoms with Crippen molar-refractivity contribution in [2.75, 3.05) is 6.61 Å². The minimum Gasteiger partial charge on any atom is -0.460 e. The van der Waals surface area contributed by atoms with Crippen LogP contribution in [0.3, 0.4) is 0 Å². The molecular formula is C8H10O3. The van der Waals surface area contributed by atoms with Crippen LogP contribution in [0.25, 0.3) is 0 Å². The lowest BCUT2D eigenvalue weighted by Gasteiger charge is -2.05. The van der Waals surface area contributed by atoms with Gasteiger partial charge in [-0.05, 0) is 0 Å². The largest absolute Gasteiger partial charge is 0.460 e. The summed E-state index contributed by atoms with van der Waals surface area (Å²) >= 11 is 0. The molecule has 0 amide bonds. The Morgan fingerprint density at radius 3 is 3.00 bits per heavy atom. The molecule has 2 atom stereocenters. The monoisotopic (exact) mass is 154 g/mol. The van der Waals surface area contributed by atoms with Crippen LogP contribution in [0.2, 0.25) is 0 Å². The van der Waals surface area contributed by atoms with E-state index in [4.69, 9.17) is 15.9 Å². The molecule has 0 spiro atoms. The van der Waals surface area contributed by atoms with Gasteiger partial charge in [0.05, 0.1) is 6.61 Å². The standard InChI is InChI=1S/C8H10O3/c1-3-7-4-8(5-10-7)11-6(2)9/h1,7-8H,4-5H2,2H3. The Balaban J connectivity index is 2.31. The zero-order valence-electron chi connectivity index (χ0n) is 6.37. The van der Waals surface area contributed by atoms with Gasteiger partial charge < -0.3 is 9.47 Å². The molecule has 0 radical (unpaired) electrons. The minimum atomic E-state index is -0.281. The van der Waals surface area contributed by atoms with Crippen LogP contribution >= 0.6 is 0 Å². The Hall–Kier alpha value is -1.01. The van der Waals surface area contributed by atoms with Crippen LogP contribution in [0.4, 0.5) is 0 Å². The predicted molar refractivity (Wildman–Crippen MR) is 38.7 cm³/mol. The van der Waals surface area contributed by atoms with Crippen molar-refractivity contribution < 1.29 is 14.3 Å². The Labute approximate surface area is 65.7 Å². The fraction of sp³-hybridized carbons (Fsp3) is 0.625. The first kappa shape index (κ1) is 8.09. The molecule has 2 unspecified atom stereocenters. The second-order valence-electron chi connectivity index (χ2n) is 2.46. The van der Waals surface area contributed by atoms with Gasteiger partial charge in [0.1, 0.15) is 12.2 Å². The highest BCUT2D eigenvalue weighted by Crippen LogP contribution is 2.15. The Kier molecular flexibility index (Phi) is 2.50. The van der Waals surface area contributed by atoms with E-state index in [-0.39, 0.29) is 18.2 Å².